The molecule has 0 saturated heterocycles. The predicted octanol–water partition coefficient (Wildman–Crippen LogP) is 1.07. The lowest BCUT2D eigenvalue weighted by molar-refractivity contribution is -0.136. The second kappa shape index (κ2) is 5.60. The Morgan fingerprint density at radius 3 is 2.48 bits per heavy atom. The summed E-state index contributed by atoms with van der Waals surface area (Å²) < 4.78 is 4.87. The molecule has 0 bridgehead atoms. The molecule has 0 saturated carbocycles. The summed E-state index contributed by atoms with van der Waals surface area (Å²) in [6, 6.07) is 9.13. The van der Waals surface area contributed by atoms with Crippen molar-refractivity contribution in [2.45, 2.75) is 12.8 Å². The number of nitrogens with one attached hydrogen (secondary N) is 3. The van der Waals surface area contributed by atoms with Gasteiger partial charge in [-0.05, 0) is 12.5 Å². The van der Waals surface area contributed by atoms with Crippen LogP contribution in [-0.4, -0.2) is 23.0 Å². The number of carbonyl (C=O) groups is 1. The molecule has 0 spiro atoms. The first kappa shape index (κ1) is 14.8. The first-order chi connectivity index (χ1) is 11.0. The topological polar surface area (TPSA) is 104 Å². The van der Waals surface area contributed by atoms with Crippen LogP contribution in [0.4, 0.5) is 5.82 Å². The van der Waals surface area contributed by atoms with Crippen LogP contribution in [0.3, 0.4) is 0 Å². The number of allylic oxidation sites excluding steroid dienone is 1. The average molecular weight is 313 g/mol. The highest BCUT2D eigenvalue weighted by Gasteiger charge is 2.35. The number of rotatable bonds is 2. The van der Waals surface area contributed by atoms with Crippen LogP contribution in [0.15, 0.2) is 51.2 Å². The summed E-state index contributed by atoms with van der Waals surface area (Å²) in [5.41, 5.74) is 0.749. The monoisotopic (exact) mass is 313 g/mol. The summed E-state index contributed by atoms with van der Waals surface area (Å²) in [5, 5.41) is 2.91. The number of aromatic amines is 2. The Labute approximate surface area is 131 Å². The third-order valence-electron chi connectivity index (χ3n) is 3.81. The van der Waals surface area contributed by atoms with Gasteiger partial charge in [0.25, 0.3) is 5.56 Å². The van der Waals surface area contributed by atoms with Crippen molar-refractivity contribution in [3.63, 3.8) is 0 Å². The van der Waals surface area contributed by atoms with Crippen molar-refractivity contribution >= 4 is 11.8 Å². The standard InChI is InChI=1S/C16H15N3O4/c1-8-10(15(21)23-2)11(9-6-4-3-5-7-9)12-13(17-8)18-16(22)19-14(12)20/h3-7,11H,1-2H3,(H3,17,18,19,20,22). The molecule has 1 unspecified atom stereocenters. The molecule has 7 nitrogen and oxygen atoms in total. The zero-order chi connectivity index (χ0) is 16.6. The number of anilines is 1. The molecule has 1 aliphatic heterocycles. The lowest BCUT2D eigenvalue weighted by atomic mass is 9.82. The molecule has 0 fully saturated rings. The Balaban J connectivity index is 2.33. The van der Waals surface area contributed by atoms with E-state index in [0.29, 0.717) is 11.3 Å². The van der Waals surface area contributed by atoms with E-state index < -0.39 is 23.1 Å². The summed E-state index contributed by atoms with van der Waals surface area (Å²) in [7, 11) is 1.29. The number of ether oxygens (including phenoxy) is 1. The fraction of sp³-hybridized carbons (Fsp3) is 0.188. The van der Waals surface area contributed by atoms with E-state index >= 15 is 0 Å². The van der Waals surface area contributed by atoms with Gasteiger partial charge in [0, 0.05) is 5.70 Å². The van der Waals surface area contributed by atoms with E-state index in [1.54, 1.807) is 6.92 Å². The van der Waals surface area contributed by atoms with Crippen molar-refractivity contribution in [1.29, 1.82) is 0 Å². The maximum atomic E-state index is 12.3. The maximum Gasteiger partial charge on any atom is 0.336 e. The second-order valence-electron chi connectivity index (χ2n) is 5.20. The first-order valence-corrected chi connectivity index (χ1v) is 7.00. The van der Waals surface area contributed by atoms with Crippen LogP contribution in [0, 0.1) is 0 Å². The molecule has 7 heteroatoms. The molecule has 2 aromatic rings. The van der Waals surface area contributed by atoms with Crippen LogP contribution in [-0.2, 0) is 9.53 Å². The van der Waals surface area contributed by atoms with Crippen LogP contribution < -0.4 is 16.6 Å². The van der Waals surface area contributed by atoms with Crippen molar-refractivity contribution < 1.29 is 9.53 Å². The zero-order valence-corrected chi connectivity index (χ0v) is 12.6. The molecule has 118 valence electrons. The summed E-state index contributed by atoms with van der Waals surface area (Å²) in [4.78, 5) is 40.9. The highest BCUT2D eigenvalue weighted by atomic mass is 16.5. The molecule has 1 atom stereocenters. The van der Waals surface area contributed by atoms with Crippen molar-refractivity contribution in [1.82, 2.24) is 9.97 Å². The molecule has 1 aliphatic rings. The van der Waals surface area contributed by atoms with E-state index in [1.165, 1.54) is 7.11 Å². The van der Waals surface area contributed by atoms with Crippen LogP contribution >= 0.6 is 0 Å². The minimum atomic E-state index is -0.625. The van der Waals surface area contributed by atoms with E-state index in [4.69, 9.17) is 4.74 Å². The van der Waals surface area contributed by atoms with E-state index in [9.17, 15) is 14.4 Å². The summed E-state index contributed by atoms with van der Waals surface area (Å²) in [6.07, 6.45) is 0. The van der Waals surface area contributed by atoms with Gasteiger partial charge in [0.05, 0.1) is 24.2 Å². The normalized spacial score (nSPS) is 16.5. The van der Waals surface area contributed by atoms with Crippen LogP contribution in [0.1, 0.15) is 24.0 Å². The van der Waals surface area contributed by atoms with E-state index in [-0.39, 0.29) is 11.4 Å². The van der Waals surface area contributed by atoms with Crippen molar-refractivity contribution in [2.75, 3.05) is 12.4 Å². The van der Waals surface area contributed by atoms with Crippen molar-refractivity contribution in [3.8, 4) is 0 Å². The van der Waals surface area contributed by atoms with Crippen molar-refractivity contribution in [2.24, 2.45) is 0 Å². The third kappa shape index (κ3) is 2.46. The number of hydrogen-bond acceptors (Lipinski definition) is 5. The van der Waals surface area contributed by atoms with E-state index in [1.807, 2.05) is 30.3 Å². The van der Waals surface area contributed by atoms with Gasteiger partial charge in [0.15, 0.2) is 0 Å². The Hall–Kier alpha value is -3.09. The molecule has 23 heavy (non-hydrogen) atoms. The lowest BCUT2D eigenvalue weighted by Gasteiger charge is -2.28. The van der Waals surface area contributed by atoms with Gasteiger partial charge in [-0.1, -0.05) is 30.3 Å². The Bertz CT molecular complexity index is 909. The fourth-order valence-corrected chi connectivity index (χ4v) is 2.85. The quantitative estimate of drug-likeness (QED) is 0.719. The summed E-state index contributed by atoms with van der Waals surface area (Å²) in [5.74, 6) is -0.863. The van der Waals surface area contributed by atoms with E-state index in [2.05, 4.69) is 15.3 Å². The van der Waals surface area contributed by atoms with Gasteiger partial charge >= 0.3 is 11.7 Å². The minimum absolute atomic E-state index is 0.279. The van der Waals surface area contributed by atoms with Crippen LogP contribution in [0.2, 0.25) is 0 Å². The van der Waals surface area contributed by atoms with Crippen LogP contribution in [0.5, 0.6) is 0 Å². The van der Waals surface area contributed by atoms with Gasteiger partial charge in [0.1, 0.15) is 5.82 Å². The van der Waals surface area contributed by atoms with Gasteiger partial charge < -0.3 is 10.1 Å². The molecule has 3 rings (SSSR count). The molecule has 0 radical (unpaired) electrons. The molecule has 1 aromatic heterocycles. The lowest BCUT2D eigenvalue weighted by Crippen LogP contribution is -2.34. The highest BCUT2D eigenvalue weighted by Crippen LogP contribution is 2.38. The molecular formula is C16H15N3O4. The molecule has 3 N–H and O–H groups in total. The number of methoxy groups -OCH3 is 1. The Morgan fingerprint density at radius 2 is 1.83 bits per heavy atom. The van der Waals surface area contributed by atoms with Gasteiger partial charge in [-0.15, -0.1) is 0 Å². The number of esters is 1. The van der Waals surface area contributed by atoms with Crippen LogP contribution in [0.25, 0.3) is 0 Å². The summed E-state index contributed by atoms with van der Waals surface area (Å²) in [6.45, 7) is 1.70. The number of benzene rings is 1. The van der Waals surface area contributed by atoms with Gasteiger partial charge in [0.2, 0.25) is 0 Å². The van der Waals surface area contributed by atoms with Gasteiger partial charge in [-0.25, -0.2) is 9.59 Å². The number of carbonyl (C=O) groups excluding carboxylic acids is 1. The van der Waals surface area contributed by atoms with Gasteiger partial charge in [-0.2, -0.15) is 0 Å². The smallest absolute Gasteiger partial charge is 0.336 e. The number of aromatic nitrogens is 2. The van der Waals surface area contributed by atoms with Gasteiger partial charge in [-0.3, -0.25) is 14.8 Å². The third-order valence-corrected chi connectivity index (χ3v) is 3.81. The fourth-order valence-electron chi connectivity index (χ4n) is 2.85. The Kier molecular flexibility index (Phi) is 3.61. The maximum absolute atomic E-state index is 12.3. The number of fused-ring (bicyclic) bond motifs is 1. The highest BCUT2D eigenvalue weighted by molar-refractivity contribution is 5.94. The SMILES string of the molecule is COC(=O)C1=C(C)Nc2[nH]c(=O)[nH]c(=O)c2C1c1ccccc1. The minimum Gasteiger partial charge on any atom is -0.466 e. The molecule has 0 amide bonds. The summed E-state index contributed by atoms with van der Waals surface area (Å²) >= 11 is 0. The molecule has 2 heterocycles. The second-order valence-corrected chi connectivity index (χ2v) is 5.20. The zero-order valence-electron chi connectivity index (χ0n) is 12.6. The molecule has 0 aliphatic carbocycles. The average Bonchev–Trinajstić information content (AvgIpc) is 2.53. The molecular weight excluding hydrogens is 298 g/mol. The molecule has 1 aromatic carbocycles. The van der Waals surface area contributed by atoms with Crippen molar-refractivity contribution in [3.05, 3.63) is 73.6 Å². The largest absolute Gasteiger partial charge is 0.466 e. The Morgan fingerprint density at radius 1 is 1.13 bits per heavy atom. The first-order valence-electron chi connectivity index (χ1n) is 7.00. The number of H-pyrrole nitrogens is 2. The number of hydrogen-bond donors (Lipinski definition) is 3. The van der Waals surface area contributed by atoms with E-state index in [0.717, 1.165) is 5.56 Å². The predicted molar refractivity (Wildman–Crippen MR) is 84.3 cm³/mol.